The van der Waals surface area contributed by atoms with Gasteiger partial charge in [-0.3, -0.25) is 14.5 Å². The van der Waals surface area contributed by atoms with Crippen LogP contribution in [-0.2, 0) is 11.3 Å². The molecule has 0 saturated carbocycles. The van der Waals surface area contributed by atoms with Gasteiger partial charge in [0.2, 0.25) is 6.79 Å². The second-order valence-corrected chi connectivity index (χ2v) is 7.44. The maximum absolute atomic E-state index is 12.8. The number of ether oxygens (including phenoxy) is 3. The van der Waals surface area contributed by atoms with E-state index in [0.717, 1.165) is 11.8 Å². The number of benzene rings is 2. The van der Waals surface area contributed by atoms with E-state index in [9.17, 15) is 9.59 Å². The van der Waals surface area contributed by atoms with Crippen molar-refractivity contribution in [2.45, 2.75) is 13.5 Å². The maximum Gasteiger partial charge on any atom is 0.293 e. The molecule has 8 heteroatoms. The van der Waals surface area contributed by atoms with Crippen LogP contribution in [0.5, 0.6) is 17.2 Å². The minimum Gasteiger partial charge on any atom is -0.493 e. The van der Waals surface area contributed by atoms with Gasteiger partial charge in [-0.2, -0.15) is 0 Å². The van der Waals surface area contributed by atoms with E-state index < -0.39 is 0 Å². The van der Waals surface area contributed by atoms with Gasteiger partial charge in [-0.15, -0.1) is 0 Å². The molecule has 6 nitrogen and oxygen atoms in total. The SMILES string of the molecule is CCOc1cc2c(cc1/C=C1/SC(=O)N(Cc3ccccc3Cl)C1=O)OCO2. The minimum atomic E-state index is -0.366. The lowest BCUT2D eigenvalue weighted by Gasteiger charge is -2.13. The topological polar surface area (TPSA) is 65.1 Å². The van der Waals surface area contributed by atoms with Gasteiger partial charge >= 0.3 is 0 Å². The molecule has 0 bridgehead atoms. The number of imide groups is 1. The van der Waals surface area contributed by atoms with Gasteiger partial charge in [-0.05, 0) is 42.5 Å². The van der Waals surface area contributed by atoms with Crippen LogP contribution in [0.3, 0.4) is 0 Å². The van der Waals surface area contributed by atoms with Gasteiger partial charge in [0, 0.05) is 16.7 Å². The number of carbonyl (C=O) groups is 2. The predicted molar refractivity (Wildman–Crippen MR) is 107 cm³/mol. The summed E-state index contributed by atoms with van der Waals surface area (Å²) in [7, 11) is 0. The summed E-state index contributed by atoms with van der Waals surface area (Å²) in [5.74, 6) is 1.36. The molecule has 0 aromatic heterocycles. The molecule has 0 aliphatic carbocycles. The summed E-state index contributed by atoms with van der Waals surface area (Å²) < 4.78 is 16.4. The number of rotatable bonds is 5. The first-order valence-corrected chi connectivity index (χ1v) is 9.81. The van der Waals surface area contributed by atoms with E-state index in [1.54, 1.807) is 36.4 Å². The molecular formula is C20H16ClNO5S. The first-order valence-electron chi connectivity index (χ1n) is 8.62. The van der Waals surface area contributed by atoms with E-state index in [-0.39, 0.29) is 24.5 Å². The van der Waals surface area contributed by atoms with Crippen LogP contribution in [0, 0.1) is 0 Å². The van der Waals surface area contributed by atoms with Gasteiger partial charge in [0.15, 0.2) is 11.5 Å². The van der Waals surface area contributed by atoms with Gasteiger partial charge in [0.1, 0.15) is 5.75 Å². The van der Waals surface area contributed by atoms with Crippen molar-refractivity contribution in [2.75, 3.05) is 13.4 Å². The highest BCUT2D eigenvalue weighted by atomic mass is 35.5. The number of hydrogen-bond donors (Lipinski definition) is 0. The number of fused-ring (bicyclic) bond motifs is 1. The zero-order valence-corrected chi connectivity index (χ0v) is 16.5. The summed E-state index contributed by atoms with van der Waals surface area (Å²) in [5.41, 5.74) is 1.36. The lowest BCUT2D eigenvalue weighted by Crippen LogP contribution is -2.27. The van der Waals surface area contributed by atoms with Crippen molar-refractivity contribution in [1.82, 2.24) is 4.90 Å². The van der Waals surface area contributed by atoms with Crippen LogP contribution in [0.25, 0.3) is 6.08 Å². The van der Waals surface area contributed by atoms with Crippen molar-refractivity contribution in [2.24, 2.45) is 0 Å². The third kappa shape index (κ3) is 3.55. The monoisotopic (exact) mass is 417 g/mol. The van der Waals surface area contributed by atoms with Crippen molar-refractivity contribution >= 4 is 40.6 Å². The molecule has 0 unspecified atom stereocenters. The Labute approximate surface area is 171 Å². The van der Waals surface area contributed by atoms with Gasteiger partial charge in [0.05, 0.1) is 18.1 Å². The quantitative estimate of drug-likeness (QED) is 0.657. The molecule has 0 N–H and O–H groups in total. The molecular weight excluding hydrogens is 402 g/mol. The molecule has 4 rings (SSSR count). The van der Waals surface area contributed by atoms with Crippen LogP contribution in [0.15, 0.2) is 41.3 Å². The average molecular weight is 418 g/mol. The average Bonchev–Trinajstić information content (AvgIpc) is 3.23. The van der Waals surface area contributed by atoms with Gasteiger partial charge < -0.3 is 14.2 Å². The van der Waals surface area contributed by atoms with E-state index in [2.05, 4.69) is 0 Å². The van der Waals surface area contributed by atoms with Crippen LogP contribution in [0.2, 0.25) is 5.02 Å². The summed E-state index contributed by atoms with van der Waals surface area (Å²) in [6.45, 7) is 2.58. The summed E-state index contributed by atoms with van der Waals surface area (Å²) in [6, 6.07) is 10.6. The minimum absolute atomic E-state index is 0.126. The number of carbonyl (C=O) groups excluding carboxylic acids is 2. The Balaban J connectivity index is 1.63. The molecule has 2 amide bonds. The fourth-order valence-corrected chi connectivity index (χ4v) is 3.93. The van der Waals surface area contributed by atoms with Gasteiger partial charge in [0.25, 0.3) is 11.1 Å². The first-order chi connectivity index (χ1) is 13.6. The molecule has 0 atom stereocenters. The number of nitrogens with zero attached hydrogens (tertiary/aromatic N) is 1. The summed E-state index contributed by atoms with van der Waals surface area (Å²) in [4.78, 5) is 26.7. The summed E-state index contributed by atoms with van der Waals surface area (Å²) >= 11 is 7.05. The highest BCUT2D eigenvalue weighted by Crippen LogP contribution is 2.41. The fraction of sp³-hybridized carbons (Fsp3) is 0.200. The zero-order chi connectivity index (χ0) is 19.7. The standard InChI is InChI=1S/C20H16ClNO5S/c1-2-25-15-9-17-16(26-11-27-17)7-13(15)8-18-19(23)22(20(24)28-18)10-12-5-3-4-6-14(12)21/h3-9H,2,10-11H2,1H3/b18-8+. The Morgan fingerprint density at radius 2 is 1.96 bits per heavy atom. The predicted octanol–water partition coefficient (Wildman–Crippen LogP) is 4.70. The third-order valence-corrected chi connectivity index (χ3v) is 5.53. The van der Waals surface area contributed by atoms with Crippen molar-refractivity contribution in [3.05, 3.63) is 57.5 Å². The molecule has 2 aromatic rings. The highest BCUT2D eigenvalue weighted by Gasteiger charge is 2.35. The molecule has 2 aromatic carbocycles. The van der Waals surface area contributed by atoms with E-state index in [1.807, 2.05) is 13.0 Å². The van der Waals surface area contributed by atoms with E-state index >= 15 is 0 Å². The first kappa shape index (κ1) is 18.7. The molecule has 2 aliphatic rings. The Morgan fingerprint density at radius 1 is 1.21 bits per heavy atom. The van der Waals surface area contributed by atoms with E-state index in [0.29, 0.717) is 44.9 Å². The van der Waals surface area contributed by atoms with Gasteiger partial charge in [-0.1, -0.05) is 29.8 Å². The number of thioether (sulfide) groups is 1. The highest BCUT2D eigenvalue weighted by molar-refractivity contribution is 8.18. The Bertz CT molecular complexity index is 991. The van der Waals surface area contributed by atoms with E-state index in [1.165, 1.54) is 4.90 Å². The van der Waals surface area contributed by atoms with Crippen molar-refractivity contribution in [3.8, 4) is 17.2 Å². The molecule has 28 heavy (non-hydrogen) atoms. The third-order valence-electron chi connectivity index (χ3n) is 4.25. The summed E-state index contributed by atoms with van der Waals surface area (Å²) in [5, 5.41) is 0.176. The van der Waals surface area contributed by atoms with Crippen molar-refractivity contribution in [3.63, 3.8) is 0 Å². The molecule has 1 saturated heterocycles. The molecule has 0 spiro atoms. The largest absolute Gasteiger partial charge is 0.493 e. The zero-order valence-electron chi connectivity index (χ0n) is 14.9. The maximum atomic E-state index is 12.8. The molecule has 2 heterocycles. The fourth-order valence-electron chi connectivity index (χ4n) is 2.91. The molecule has 0 radical (unpaired) electrons. The van der Waals surface area contributed by atoms with E-state index in [4.69, 9.17) is 25.8 Å². The number of hydrogen-bond acceptors (Lipinski definition) is 6. The Morgan fingerprint density at radius 3 is 2.71 bits per heavy atom. The van der Waals surface area contributed by atoms with Crippen molar-refractivity contribution < 1.29 is 23.8 Å². The van der Waals surface area contributed by atoms with Crippen LogP contribution < -0.4 is 14.2 Å². The normalized spacial score (nSPS) is 16.9. The lowest BCUT2D eigenvalue weighted by molar-refractivity contribution is -0.123. The van der Waals surface area contributed by atoms with Crippen LogP contribution >= 0.6 is 23.4 Å². The van der Waals surface area contributed by atoms with Crippen LogP contribution in [-0.4, -0.2) is 29.4 Å². The lowest BCUT2D eigenvalue weighted by atomic mass is 10.1. The van der Waals surface area contributed by atoms with Crippen molar-refractivity contribution in [1.29, 1.82) is 0 Å². The number of halogens is 1. The smallest absolute Gasteiger partial charge is 0.293 e. The summed E-state index contributed by atoms with van der Waals surface area (Å²) in [6.07, 6.45) is 1.64. The number of amides is 2. The molecule has 1 fully saturated rings. The second-order valence-electron chi connectivity index (χ2n) is 6.04. The Hall–Kier alpha value is -2.64. The molecule has 2 aliphatic heterocycles. The second kappa shape index (κ2) is 7.77. The van der Waals surface area contributed by atoms with Crippen LogP contribution in [0.1, 0.15) is 18.1 Å². The van der Waals surface area contributed by atoms with Crippen LogP contribution in [0.4, 0.5) is 4.79 Å². The van der Waals surface area contributed by atoms with Gasteiger partial charge in [-0.25, -0.2) is 0 Å². The Kier molecular flexibility index (Phi) is 5.19. The molecule has 144 valence electrons.